The topological polar surface area (TPSA) is 84.5 Å². The van der Waals surface area contributed by atoms with Gasteiger partial charge in [-0.15, -0.1) is 0 Å². The minimum atomic E-state index is -0.620. The summed E-state index contributed by atoms with van der Waals surface area (Å²) < 4.78 is 4.95. The van der Waals surface area contributed by atoms with Gasteiger partial charge < -0.3 is 15.4 Å². The molecule has 1 aliphatic carbocycles. The van der Waals surface area contributed by atoms with Crippen LogP contribution < -0.4 is 10.6 Å². The van der Waals surface area contributed by atoms with Crippen LogP contribution in [0.5, 0.6) is 0 Å². The average molecular weight is 382 g/mol. The molecule has 2 amide bonds. The molecule has 0 unspecified atom stereocenters. The van der Waals surface area contributed by atoms with E-state index in [1.54, 1.807) is 0 Å². The molecule has 148 valence electrons. The first-order valence-corrected chi connectivity index (χ1v) is 9.80. The highest BCUT2D eigenvalue weighted by atomic mass is 16.5. The number of rotatable bonds is 7. The van der Waals surface area contributed by atoms with Crippen molar-refractivity contribution < 1.29 is 19.1 Å². The summed E-state index contributed by atoms with van der Waals surface area (Å²) in [4.78, 5) is 35.8. The van der Waals surface area contributed by atoms with Crippen molar-refractivity contribution in [2.24, 2.45) is 0 Å². The van der Waals surface area contributed by atoms with E-state index in [1.165, 1.54) is 6.42 Å². The molecule has 0 radical (unpaired) electrons. The number of amides is 2. The maximum Gasteiger partial charge on any atom is 0.325 e. The third-order valence-corrected chi connectivity index (χ3v) is 5.00. The Hall–Kier alpha value is -2.89. The molecular weight excluding hydrogens is 356 g/mol. The predicted octanol–water partition coefficient (Wildman–Crippen LogP) is 2.49. The minimum absolute atomic E-state index is 0.177. The smallest absolute Gasteiger partial charge is 0.325 e. The molecule has 6 nitrogen and oxygen atoms in total. The summed E-state index contributed by atoms with van der Waals surface area (Å²) in [5, 5.41) is 7.52. The molecule has 0 saturated heterocycles. The summed E-state index contributed by atoms with van der Waals surface area (Å²) in [6.07, 6.45) is 5.57. The number of fused-ring (bicyclic) bond motifs is 1. The Morgan fingerprint density at radius 1 is 0.929 bits per heavy atom. The molecule has 6 heteroatoms. The van der Waals surface area contributed by atoms with E-state index < -0.39 is 5.97 Å². The Labute approximate surface area is 164 Å². The number of nitrogens with one attached hydrogen (secondary N) is 2. The van der Waals surface area contributed by atoms with Crippen molar-refractivity contribution in [3.05, 3.63) is 48.0 Å². The van der Waals surface area contributed by atoms with Gasteiger partial charge in [0.15, 0.2) is 6.61 Å². The molecule has 0 atom stereocenters. The molecule has 2 aromatic rings. The summed E-state index contributed by atoms with van der Waals surface area (Å²) in [5.74, 6) is -1.17. The zero-order chi connectivity index (χ0) is 19.8. The summed E-state index contributed by atoms with van der Waals surface area (Å²) in [6, 6.07) is 13.8. The van der Waals surface area contributed by atoms with Crippen LogP contribution in [0.3, 0.4) is 0 Å². The van der Waals surface area contributed by atoms with E-state index in [-0.39, 0.29) is 37.4 Å². The van der Waals surface area contributed by atoms with Gasteiger partial charge in [-0.1, -0.05) is 61.7 Å². The number of hydrogen-bond donors (Lipinski definition) is 2. The second-order valence-corrected chi connectivity index (χ2v) is 7.15. The Bertz CT molecular complexity index is 838. The summed E-state index contributed by atoms with van der Waals surface area (Å²) in [7, 11) is 0. The molecule has 28 heavy (non-hydrogen) atoms. The second-order valence-electron chi connectivity index (χ2n) is 7.15. The van der Waals surface area contributed by atoms with Crippen molar-refractivity contribution in [3.63, 3.8) is 0 Å². The lowest BCUT2D eigenvalue weighted by Crippen LogP contribution is -2.39. The molecule has 1 saturated carbocycles. The molecule has 0 spiro atoms. The number of benzene rings is 2. The molecule has 0 heterocycles. The fraction of sp³-hybridized carbons (Fsp3) is 0.409. The van der Waals surface area contributed by atoms with Gasteiger partial charge in [-0.25, -0.2) is 0 Å². The first kappa shape index (κ1) is 19.9. The third kappa shape index (κ3) is 5.81. The van der Waals surface area contributed by atoms with Gasteiger partial charge >= 0.3 is 5.97 Å². The van der Waals surface area contributed by atoms with Crippen molar-refractivity contribution in [2.45, 2.75) is 44.6 Å². The minimum Gasteiger partial charge on any atom is -0.454 e. The van der Waals surface area contributed by atoms with Gasteiger partial charge in [0.1, 0.15) is 6.54 Å². The summed E-state index contributed by atoms with van der Waals surface area (Å²) in [6.45, 7) is -0.561. The van der Waals surface area contributed by atoms with Crippen molar-refractivity contribution in [1.82, 2.24) is 10.6 Å². The van der Waals surface area contributed by atoms with Crippen LogP contribution in [0.2, 0.25) is 0 Å². The van der Waals surface area contributed by atoms with Crippen LogP contribution in [-0.2, 0) is 25.5 Å². The van der Waals surface area contributed by atoms with E-state index in [9.17, 15) is 14.4 Å². The largest absolute Gasteiger partial charge is 0.454 e. The van der Waals surface area contributed by atoms with Crippen LogP contribution in [0.15, 0.2) is 42.5 Å². The van der Waals surface area contributed by atoms with Crippen LogP contribution >= 0.6 is 0 Å². The molecule has 0 aliphatic heterocycles. The highest BCUT2D eigenvalue weighted by Gasteiger charge is 2.17. The van der Waals surface area contributed by atoms with Gasteiger partial charge in [0, 0.05) is 6.04 Å². The fourth-order valence-corrected chi connectivity index (χ4v) is 3.57. The predicted molar refractivity (Wildman–Crippen MR) is 107 cm³/mol. The highest BCUT2D eigenvalue weighted by molar-refractivity contribution is 5.91. The lowest BCUT2D eigenvalue weighted by atomic mass is 9.95. The Morgan fingerprint density at radius 2 is 1.68 bits per heavy atom. The molecule has 1 fully saturated rings. The lowest BCUT2D eigenvalue weighted by molar-refractivity contribution is -0.148. The Balaban J connectivity index is 1.39. The van der Waals surface area contributed by atoms with Crippen LogP contribution in [0, 0.1) is 0 Å². The van der Waals surface area contributed by atoms with Crippen LogP contribution in [0.4, 0.5) is 0 Å². The maximum atomic E-state index is 12.2. The molecule has 0 aromatic heterocycles. The zero-order valence-corrected chi connectivity index (χ0v) is 15.9. The maximum absolute atomic E-state index is 12.2. The van der Waals surface area contributed by atoms with E-state index in [2.05, 4.69) is 10.6 Å². The van der Waals surface area contributed by atoms with Crippen molar-refractivity contribution in [2.75, 3.05) is 13.2 Å². The zero-order valence-electron chi connectivity index (χ0n) is 15.9. The Kier molecular flexibility index (Phi) is 7.00. The lowest BCUT2D eigenvalue weighted by Gasteiger charge is -2.22. The molecule has 2 N–H and O–H groups in total. The number of carbonyl (C=O) groups is 3. The van der Waals surface area contributed by atoms with Gasteiger partial charge in [0.2, 0.25) is 5.91 Å². The summed E-state index contributed by atoms with van der Waals surface area (Å²) >= 11 is 0. The first-order valence-electron chi connectivity index (χ1n) is 9.80. The average Bonchev–Trinajstić information content (AvgIpc) is 2.72. The number of ether oxygens (including phenoxy) is 1. The monoisotopic (exact) mass is 382 g/mol. The quantitative estimate of drug-likeness (QED) is 0.721. The van der Waals surface area contributed by atoms with E-state index in [0.717, 1.165) is 42.0 Å². The number of hydrogen-bond acceptors (Lipinski definition) is 4. The number of esters is 1. The van der Waals surface area contributed by atoms with Crippen molar-refractivity contribution in [1.29, 1.82) is 0 Å². The van der Waals surface area contributed by atoms with Gasteiger partial charge in [-0.2, -0.15) is 0 Å². The number of carbonyl (C=O) groups excluding carboxylic acids is 3. The highest BCUT2D eigenvalue weighted by Crippen LogP contribution is 2.19. The van der Waals surface area contributed by atoms with Gasteiger partial charge in [-0.05, 0) is 29.2 Å². The van der Waals surface area contributed by atoms with Gasteiger partial charge in [-0.3, -0.25) is 14.4 Å². The standard InChI is InChI=1S/C22H26N2O4/c25-20(13-17-9-6-8-16-7-4-5-12-19(16)17)23-14-22(27)28-15-21(26)24-18-10-2-1-3-11-18/h4-9,12,18H,1-3,10-11,13-15H2,(H,23,25)(H,24,26). The molecule has 3 rings (SSSR count). The second kappa shape index (κ2) is 9.88. The van der Waals surface area contributed by atoms with E-state index in [1.807, 2.05) is 42.5 Å². The summed E-state index contributed by atoms with van der Waals surface area (Å²) in [5.41, 5.74) is 0.899. The third-order valence-electron chi connectivity index (χ3n) is 5.00. The van der Waals surface area contributed by atoms with E-state index >= 15 is 0 Å². The van der Waals surface area contributed by atoms with Gasteiger partial charge in [0.05, 0.1) is 6.42 Å². The molecular formula is C22H26N2O4. The molecule has 0 bridgehead atoms. The molecule has 2 aromatic carbocycles. The molecule has 1 aliphatic rings. The van der Waals surface area contributed by atoms with Crippen LogP contribution in [0.1, 0.15) is 37.7 Å². The van der Waals surface area contributed by atoms with Crippen molar-refractivity contribution >= 4 is 28.6 Å². The fourth-order valence-electron chi connectivity index (χ4n) is 3.57. The van der Waals surface area contributed by atoms with E-state index in [4.69, 9.17) is 4.74 Å². The van der Waals surface area contributed by atoms with Crippen LogP contribution in [0.25, 0.3) is 10.8 Å². The van der Waals surface area contributed by atoms with Crippen LogP contribution in [-0.4, -0.2) is 37.0 Å². The van der Waals surface area contributed by atoms with Crippen molar-refractivity contribution in [3.8, 4) is 0 Å². The SMILES string of the molecule is O=C(Cc1cccc2ccccc12)NCC(=O)OCC(=O)NC1CCCCC1. The van der Waals surface area contributed by atoms with E-state index in [0.29, 0.717) is 0 Å². The van der Waals surface area contributed by atoms with Gasteiger partial charge in [0.25, 0.3) is 5.91 Å². The Morgan fingerprint density at radius 3 is 2.50 bits per heavy atom. The normalized spacial score (nSPS) is 14.4. The first-order chi connectivity index (χ1) is 13.6.